The van der Waals surface area contributed by atoms with Crippen molar-refractivity contribution in [2.75, 3.05) is 0 Å². The molecule has 3 aromatic rings. The minimum atomic E-state index is -0.380. The molecule has 21 heavy (non-hydrogen) atoms. The van der Waals surface area contributed by atoms with Gasteiger partial charge in [0.05, 0.1) is 11.6 Å². The number of aromatic nitrogens is 1. The number of nitrogens with zero attached hydrogens (tertiary/aromatic N) is 1. The Bertz CT molecular complexity index is 859. The first kappa shape index (κ1) is 13.9. The zero-order valence-electron chi connectivity index (χ0n) is 11.8. The third-order valence-electron chi connectivity index (χ3n) is 3.60. The maximum atomic E-state index is 11.5. The van der Waals surface area contributed by atoms with Crippen molar-refractivity contribution in [1.29, 1.82) is 0 Å². The van der Waals surface area contributed by atoms with Gasteiger partial charge in [-0.1, -0.05) is 23.7 Å². The first-order chi connectivity index (χ1) is 9.95. The van der Waals surface area contributed by atoms with Crippen molar-refractivity contribution in [1.82, 2.24) is 4.57 Å². The lowest BCUT2D eigenvalue weighted by Crippen LogP contribution is -2.12. The summed E-state index contributed by atoms with van der Waals surface area (Å²) in [5.41, 5.74) is 10.4. The van der Waals surface area contributed by atoms with Crippen LogP contribution in [0.15, 0.2) is 45.6 Å². The lowest BCUT2D eigenvalue weighted by atomic mass is 9.98. The van der Waals surface area contributed by atoms with Gasteiger partial charge >= 0.3 is 5.76 Å². The van der Waals surface area contributed by atoms with Gasteiger partial charge in [-0.15, -0.1) is 0 Å². The molecule has 1 unspecified atom stereocenters. The third-order valence-corrected chi connectivity index (χ3v) is 3.82. The molecule has 1 heterocycles. The molecule has 1 atom stereocenters. The van der Waals surface area contributed by atoms with E-state index in [4.69, 9.17) is 21.8 Å². The summed E-state index contributed by atoms with van der Waals surface area (Å²) >= 11 is 6.08. The summed E-state index contributed by atoms with van der Waals surface area (Å²) in [6.45, 7) is 1.97. The molecule has 108 valence electrons. The van der Waals surface area contributed by atoms with Gasteiger partial charge < -0.3 is 10.2 Å². The van der Waals surface area contributed by atoms with Crippen LogP contribution in [0.5, 0.6) is 0 Å². The molecular weight excluding hydrogens is 288 g/mol. The zero-order valence-corrected chi connectivity index (χ0v) is 12.5. The molecule has 2 N–H and O–H groups in total. The molecule has 0 saturated carbocycles. The largest absolute Gasteiger partial charge is 0.419 e. The van der Waals surface area contributed by atoms with Crippen molar-refractivity contribution in [3.63, 3.8) is 0 Å². The standard InChI is InChI=1S/C16H15ClN2O2/c1-9-5-11(7-12(17)6-9)15(18)10-3-4-13-14(8-10)21-16(20)19(13)2/h3-8,15H,18H2,1-2H3. The van der Waals surface area contributed by atoms with Crippen molar-refractivity contribution < 1.29 is 4.42 Å². The maximum absolute atomic E-state index is 11.5. The fraction of sp³-hybridized carbons (Fsp3) is 0.188. The highest BCUT2D eigenvalue weighted by Crippen LogP contribution is 2.26. The Morgan fingerprint density at radius 1 is 1.19 bits per heavy atom. The Balaban J connectivity index is 2.08. The quantitative estimate of drug-likeness (QED) is 0.791. The Hall–Kier alpha value is -2.04. The lowest BCUT2D eigenvalue weighted by molar-refractivity contribution is 0.527. The molecule has 2 aromatic carbocycles. The number of fused-ring (bicyclic) bond motifs is 1. The van der Waals surface area contributed by atoms with Gasteiger partial charge in [-0.25, -0.2) is 4.79 Å². The normalized spacial score (nSPS) is 12.8. The van der Waals surface area contributed by atoms with Crippen LogP contribution in [-0.4, -0.2) is 4.57 Å². The monoisotopic (exact) mass is 302 g/mol. The van der Waals surface area contributed by atoms with Crippen LogP contribution in [0.3, 0.4) is 0 Å². The van der Waals surface area contributed by atoms with Crippen LogP contribution in [0.1, 0.15) is 22.7 Å². The molecule has 3 rings (SSSR count). The molecule has 1 aromatic heterocycles. The molecule has 0 aliphatic rings. The molecule has 0 bridgehead atoms. The van der Waals surface area contributed by atoms with Gasteiger partial charge in [0.25, 0.3) is 0 Å². The van der Waals surface area contributed by atoms with E-state index in [2.05, 4.69) is 0 Å². The van der Waals surface area contributed by atoms with Crippen LogP contribution in [-0.2, 0) is 7.05 Å². The second-order valence-electron chi connectivity index (χ2n) is 5.19. The molecule has 0 fully saturated rings. The first-order valence-corrected chi connectivity index (χ1v) is 6.95. The Labute approximate surface area is 126 Å². The maximum Gasteiger partial charge on any atom is 0.419 e. The minimum Gasteiger partial charge on any atom is -0.408 e. The van der Waals surface area contributed by atoms with E-state index in [-0.39, 0.29) is 11.8 Å². The number of aryl methyl sites for hydroxylation is 2. The van der Waals surface area contributed by atoms with Gasteiger partial charge in [-0.3, -0.25) is 4.57 Å². The van der Waals surface area contributed by atoms with E-state index < -0.39 is 0 Å². The molecule has 0 radical (unpaired) electrons. The van der Waals surface area contributed by atoms with Gasteiger partial charge in [0.2, 0.25) is 0 Å². The summed E-state index contributed by atoms with van der Waals surface area (Å²) in [6, 6.07) is 11.0. The van der Waals surface area contributed by atoms with Crippen molar-refractivity contribution in [2.45, 2.75) is 13.0 Å². The number of hydrogen-bond acceptors (Lipinski definition) is 3. The molecule has 4 nitrogen and oxygen atoms in total. The molecule has 0 aliphatic heterocycles. The highest BCUT2D eigenvalue weighted by molar-refractivity contribution is 6.30. The topological polar surface area (TPSA) is 61.2 Å². The van der Waals surface area contributed by atoms with Crippen LogP contribution in [0, 0.1) is 6.92 Å². The van der Waals surface area contributed by atoms with E-state index in [0.717, 1.165) is 22.2 Å². The average molecular weight is 303 g/mol. The molecule has 0 amide bonds. The summed E-state index contributed by atoms with van der Waals surface area (Å²) < 4.78 is 6.67. The van der Waals surface area contributed by atoms with Crippen LogP contribution in [0.25, 0.3) is 11.1 Å². The fourth-order valence-corrected chi connectivity index (χ4v) is 2.78. The van der Waals surface area contributed by atoms with E-state index in [1.807, 2.05) is 37.3 Å². The van der Waals surface area contributed by atoms with Gasteiger partial charge in [-0.05, 0) is 47.9 Å². The van der Waals surface area contributed by atoms with E-state index in [0.29, 0.717) is 10.6 Å². The van der Waals surface area contributed by atoms with E-state index in [1.165, 1.54) is 4.57 Å². The van der Waals surface area contributed by atoms with Crippen LogP contribution < -0.4 is 11.5 Å². The van der Waals surface area contributed by atoms with Crippen molar-refractivity contribution in [3.05, 3.63) is 68.7 Å². The summed E-state index contributed by atoms with van der Waals surface area (Å²) in [5.74, 6) is -0.380. The number of benzene rings is 2. The van der Waals surface area contributed by atoms with Gasteiger partial charge in [0, 0.05) is 12.1 Å². The molecule has 0 saturated heterocycles. The minimum absolute atomic E-state index is 0.322. The number of oxazole rings is 1. The summed E-state index contributed by atoms with van der Waals surface area (Å²) in [7, 11) is 1.67. The average Bonchev–Trinajstić information content (AvgIpc) is 2.71. The first-order valence-electron chi connectivity index (χ1n) is 6.58. The molecule has 5 heteroatoms. The van der Waals surface area contributed by atoms with Crippen LogP contribution in [0.2, 0.25) is 5.02 Å². The molecule has 0 spiro atoms. The van der Waals surface area contributed by atoms with Gasteiger partial charge in [0.1, 0.15) is 0 Å². The number of rotatable bonds is 2. The second kappa shape index (κ2) is 5.06. The lowest BCUT2D eigenvalue weighted by Gasteiger charge is -2.13. The predicted octanol–water partition coefficient (Wildman–Crippen LogP) is 3.14. The predicted molar refractivity (Wildman–Crippen MR) is 83.7 cm³/mol. The van der Waals surface area contributed by atoms with Crippen LogP contribution in [0.4, 0.5) is 0 Å². The van der Waals surface area contributed by atoms with E-state index >= 15 is 0 Å². The number of halogens is 1. The molecule has 0 aliphatic carbocycles. The van der Waals surface area contributed by atoms with Crippen molar-refractivity contribution in [2.24, 2.45) is 12.8 Å². The van der Waals surface area contributed by atoms with Crippen molar-refractivity contribution >= 4 is 22.7 Å². The highest BCUT2D eigenvalue weighted by atomic mass is 35.5. The van der Waals surface area contributed by atoms with Gasteiger partial charge in [-0.2, -0.15) is 0 Å². The van der Waals surface area contributed by atoms with E-state index in [1.54, 1.807) is 13.1 Å². The van der Waals surface area contributed by atoms with Crippen molar-refractivity contribution in [3.8, 4) is 0 Å². The third kappa shape index (κ3) is 2.48. The SMILES string of the molecule is Cc1cc(Cl)cc(C(N)c2ccc3c(c2)oc(=O)n3C)c1. The highest BCUT2D eigenvalue weighted by Gasteiger charge is 2.13. The van der Waals surface area contributed by atoms with Gasteiger partial charge in [0.15, 0.2) is 5.58 Å². The summed E-state index contributed by atoms with van der Waals surface area (Å²) in [5, 5.41) is 0.660. The second-order valence-corrected chi connectivity index (χ2v) is 5.63. The van der Waals surface area contributed by atoms with Crippen LogP contribution >= 0.6 is 11.6 Å². The number of nitrogens with two attached hydrogens (primary N) is 1. The summed E-state index contributed by atoms with van der Waals surface area (Å²) in [6.07, 6.45) is 0. The Morgan fingerprint density at radius 2 is 1.95 bits per heavy atom. The zero-order chi connectivity index (χ0) is 15.1. The number of hydrogen-bond donors (Lipinski definition) is 1. The molecular formula is C16H15ClN2O2. The Morgan fingerprint density at radius 3 is 2.67 bits per heavy atom. The smallest absolute Gasteiger partial charge is 0.408 e. The van der Waals surface area contributed by atoms with E-state index in [9.17, 15) is 4.79 Å². The fourth-order valence-electron chi connectivity index (χ4n) is 2.48. The summed E-state index contributed by atoms with van der Waals surface area (Å²) in [4.78, 5) is 11.5. The Kier molecular flexibility index (Phi) is 3.35.